The lowest BCUT2D eigenvalue weighted by Gasteiger charge is -2.16. The van der Waals surface area contributed by atoms with Gasteiger partial charge in [-0.05, 0) is 37.1 Å². The van der Waals surface area contributed by atoms with Crippen molar-refractivity contribution >= 4 is 33.0 Å². The average molecular weight is 449 g/mol. The summed E-state index contributed by atoms with van der Waals surface area (Å²) in [5.74, 6) is -0.598. The number of non-ortho nitro benzene ring substituents is 1. The van der Waals surface area contributed by atoms with Crippen LogP contribution in [0.1, 0.15) is 23.2 Å². The molecule has 1 aliphatic rings. The zero-order chi connectivity index (χ0) is 22.4. The highest BCUT2D eigenvalue weighted by atomic mass is 32.2. The van der Waals surface area contributed by atoms with Crippen molar-refractivity contribution in [3.8, 4) is 0 Å². The SMILES string of the molecule is COCCNc1ccc([N+](=O)[O-])cc1C(=O)Nc1cccc(S(=O)(=O)N2CCCC2)c1. The van der Waals surface area contributed by atoms with Crippen molar-refractivity contribution in [2.24, 2.45) is 0 Å². The molecule has 0 unspecified atom stereocenters. The van der Waals surface area contributed by atoms with Gasteiger partial charge in [-0.15, -0.1) is 0 Å². The third kappa shape index (κ3) is 5.37. The number of hydrogen-bond donors (Lipinski definition) is 2. The number of nitro benzene ring substituents is 1. The Bertz CT molecular complexity index is 1070. The van der Waals surface area contributed by atoms with Crippen molar-refractivity contribution in [3.05, 3.63) is 58.1 Å². The van der Waals surface area contributed by atoms with Crippen molar-refractivity contribution in [3.63, 3.8) is 0 Å². The Morgan fingerprint density at radius 3 is 2.61 bits per heavy atom. The average Bonchev–Trinajstić information content (AvgIpc) is 3.30. The minimum absolute atomic E-state index is 0.0677. The van der Waals surface area contributed by atoms with Gasteiger partial charge in [0.2, 0.25) is 10.0 Å². The lowest BCUT2D eigenvalue weighted by atomic mass is 10.1. The number of amides is 1. The van der Waals surface area contributed by atoms with Crippen LogP contribution in [0.5, 0.6) is 0 Å². The summed E-state index contributed by atoms with van der Waals surface area (Å²) in [7, 11) is -2.10. The number of methoxy groups -OCH3 is 1. The lowest BCUT2D eigenvalue weighted by Crippen LogP contribution is -2.28. The number of sulfonamides is 1. The van der Waals surface area contributed by atoms with E-state index in [1.165, 1.54) is 41.7 Å². The number of anilines is 2. The van der Waals surface area contributed by atoms with Crippen molar-refractivity contribution in [2.45, 2.75) is 17.7 Å². The highest BCUT2D eigenvalue weighted by Gasteiger charge is 2.27. The summed E-state index contributed by atoms with van der Waals surface area (Å²) < 4.78 is 32.0. The molecule has 1 fully saturated rings. The molecule has 2 N–H and O–H groups in total. The van der Waals surface area contributed by atoms with E-state index in [0.717, 1.165) is 12.8 Å². The Hall–Kier alpha value is -3.02. The summed E-state index contributed by atoms with van der Waals surface area (Å²) in [5, 5.41) is 16.8. The van der Waals surface area contributed by atoms with E-state index in [0.29, 0.717) is 31.9 Å². The molecule has 0 radical (unpaired) electrons. The van der Waals surface area contributed by atoms with Gasteiger partial charge in [-0.2, -0.15) is 4.31 Å². The highest BCUT2D eigenvalue weighted by Crippen LogP contribution is 2.26. The van der Waals surface area contributed by atoms with Crippen LogP contribution in [0.25, 0.3) is 0 Å². The largest absolute Gasteiger partial charge is 0.383 e. The number of nitrogens with one attached hydrogen (secondary N) is 2. The molecular formula is C20H24N4O6S. The standard InChI is InChI=1S/C20H24N4O6S/c1-30-12-9-21-19-8-7-16(24(26)27)14-18(19)20(25)22-15-5-4-6-17(13-15)31(28,29)23-10-2-3-11-23/h4-8,13-14,21H,2-3,9-12H2,1H3,(H,22,25). The number of carbonyl (C=O) groups is 1. The molecule has 31 heavy (non-hydrogen) atoms. The summed E-state index contributed by atoms with van der Waals surface area (Å²) in [6, 6.07) is 9.91. The highest BCUT2D eigenvalue weighted by molar-refractivity contribution is 7.89. The van der Waals surface area contributed by atoms with Crippen LogP contribution in [0.3, 0.4) is 0 Å². The van der Waals surface area contributed by atoms with Crippen LogP contribution < -0.4 is 10.6 Å². The van der Waals surface area contributed by atoms with E-state index in [9.17, 15) is 23.3 Å². The molecule has 0 aliphatic carbocycles. The second kappa shape index (κ2) is 9.86. The van der Waals surface area contributed by atoms with Crippen LogP contribution in [-0.2, 0) is 14.8 Å². The Balaban J connectivity index is 1.85. The van der Waals surface area contributed by atoms with Crippen LogP contribution in [0.15, 0.2) is 47.4 Å². The van der Waals surface area contributed by atoms with E-state index in [4.69, 9.17) is 4.74 Å². The number of benzene rings is 2. The van der Waals surface area contributed by atoms with Crippen LogP contribution in [0.4, 0.5) is 17.1 Å². The summed E-state index contributed by atoms with van der Waals surface area (Å²) >= 11 is 0. The third-order valence-electron chi connectivity index (χ3n) is 4.87. The molecule has 166 valence electrons. The number of nitrogens with zero attached hydrogens (tertiary/aromatic N) is 2. The predicted octanol–water partition coefficient (Wildman–Crippen LogP) is 2.69. The van der Waals surface area contributed by atoms with Gasteiger partial charge in [0, 0.05) is 50.3 Å². The first-order chi connectivity index (χ1) is 14.8. The summed E-state index contributed by atoms with van der Waals surface area (Å²) in [5.41, 5.74) is 0.520. The molecule has 1 heterocycles. The van der Waals surface area contributed by atoms with Gasteiger partial charge >= 0.3 is 0 Å². The molecule has 3 rings (SSSR count). The van der Waals surface area contributed by atoms with Gasteiger partial charge in [0.1, 0.15) is 0 Å². The Morgan fingerprint density at radius 1 is 1.19 bits per heavy atom. The minimum atomic E-state index is -3.64. The quantitative estimate of drug-likeness (QED) is 0.342. The fourth-order valence-corrected chi connectivity index (χ4v) is 4.85. The second-order valence-electron chi connectivity index (χ2n) is 7.00. The van der Waals surface area contributed by atoms with Gasteiger partial charge in [-0.1, -0.05) is 6.07 Å². The van der Waals surface area contributed by atoms with Crippen molar-refractivity contribution < 1.29 is 22.9 Å². The molecule has 10 nitrogen and oxygen atoms in total. The van der Waals surface area contributed by atoms with Crippen LogP contribution in [0.2, 0.25) is 0 Å². The molecule has 0 aromatic heterocycles. The van der Waals surface area contributed by atoms with Crippen molar-refractivity contribution in [2.75, 3.05) is 44.0 Å². The number of ether oxygens (including phenoxy) is 1. The molecule has 2 aromatic carbocycles. The van der Waals surface area contributed by atoms with E-state index in [2.05, 4.69) is 10.6 Å². The molecule has 1 saturated heterocycles. The topological polar surface area (TPSA) is 131 Å². The van der Waals surface area contributed by atoms with Gasteiger partial charge in [0.15, 0.2) is 0 Å². The number of hydrogen-bond acceptors (Lipinski definition) is 7. The smallest absolute Gasteiger partial charge is 0.270 e. The fraction of sp³-hybridized carbons (Fsp3) is 0.350. The molecule has 2 aromatic rings. The zero-order valence-electron chi connectivity index (χ0n) is 17.0. The molecule has 1 aliphatic heterocycles. The van der Waals surface area contributed by atoms with E-state index in [-0.39, 0.29) is 21.8 Å². The van der Waals surface area contributed by atoms with Crippen molar-refractivity contribution in [1.82, 2.24) is 4.31 Å². The Kier molecular flexibility index (Phi) is 7.21. The minimum Gasteiger partial charge on any atom is -0.383 e. The summed E-state index contributed by atoms with van der Waals surface area (Å²) in [6.45, 7) is 1.73. The molecular weight excluding hydrogens is 424 g/mol. The van der Waals surface area contributed by atoms with Crippen LogP contribution in [0, 0.1) is 10.1 Å². The van der Waals surface area contributed by atoms with Gasteiger partial charge in [0.05, 0.1) is 22.0 Å². The first kappa shape index (κ1) is 22.7. The maximum atomic E-state index is 12.9. The molecule has 0 saturated carbocycles. The number of carbonyl (C=O) groups excluding carboxylic acids is 1. The molecule has 0 bridgehead atoms. The number of nitro groups is 1. The maximum Gasteiger partial charge on any atom is 0.270 e. The fourth-order valence-electron chi connectivity index (χ4n) is 3.29. The van der Waals surface area contributed by atoms with E-state index >= 15 is 0 Å². The normalized spacial score (nSPS) is 14.4. The van der Waals surface area contributed by atoms with E-state index in [1.807, 2.05) is 0 Å². The first-order valence-corrected chi connectivity index (χ1v) is 11.2. The maximum absolute atomic E-state index is 12.9. The van der Waals surface area contributed by atoms with Gasteiger partial charge < -0.3 is 15.4 Å². The monoisotopic (exact) mass is 448 g/mol. The van der Waals surface area contributed by atoms with Gasteiger partial charge in [-0.3, -0.25) is 14.9 Å². The third-order valence-corrected chi connectivity index (χ3v) is 6.77. The Labute approximate surface area is 180 Å². The summed E-state index contributed by atoms with van der Waals surface area (Å²) in [4.78, 5) is 23.5. The molecule has 0 atom stereocenters. The predicted molar refractivity (Wildman–Crippen MR) is 116 cm³/mol. The van der Waals surface area contributed by atoms with E-state index < -0.39 is 20.9 Å². The number of rotatable bonds is 9. The molecule has 1 amide bonds. The Morgan fingerprint density at radius 2 is 1.94 bits per heavy atom. The van der Waals surface area contributed by atoms with Gasteiger partial charge in [0.25, 0.3) is 11.6 Å². The van der Waals surface area contributed by atoms with Crippen molar-refractivity contribution in [1.29, 1.82) is 0 Å². The van der Waals surface area contributed by atoms with Crippen LogP contribution in [-0.4, -0.2) is 56.9 Å². The molecule has 11 heteroatoms. The van der Waals surface area contributed by atoms with Crippen LogP contribution >= 0.6 is 0 Å². The molecule has 0 spiro atoms. The van der Waals surface area contributed by atoms with Gasteiger partial charge in [-0.25, -0.2) is 8.42 Å². The second-order valence-corrected chi connectivity index (χ2v) is 8.94. The van der Waals surface area contributed by atoms with E-state index in [1.54, 1.807) is 12.1 Å². The lowest BCUT2D eigenvalue weighted by molar-refractivity contribution is -0.384. The summed E-state index contributed by atoms with van der Waals surface area (Å²) in [6.07, 6.45) is 1.64. The first-order valence-electron chi connectivity index (χ1n) is 9.76. The zero-order valence-corrected chi connectivity index (χ0v) is 17.9.